The first-order valence-corrected chi connectivity index (χ1v) is 15.4. The van der Waals surface area contributed by atoms with Crippen LogP contribution >= 0.6 is 15.9 Å². The van der Waals surface area contributed by atoms with E-state index in [4.69, 9.17) is 0 Å². The lowest BCUT2D eigenvalue weighted by molar-refractivity contribution is -0.140. The topological polar surface area (TPSA) is 90.0 Å². The molecule has 0 aliphatic carbocycles. The lowest BCUT2D eigenvalue weighted by atomic mass is 10.0. The number of hydrogen-bond acceptors (Lipinski definition) is 4. The fourth-order valence-electron chi connectivity index (χ4n) is 4.15. The molecule has 0 radical (unpaired) electrons. The number of halogens is 2. The average Bonchev–Trinajstić information content (AvgIpc) is 2.94. The van der Waals surface area contributed by atoms with Crippen LogP contribution in [0.15, 0.2) is 83.3 Å². The Hall–Kier alpha value is -3.28. The van der Waals surface area contributed by atoms with E-state index in [1.165, 1.54) is 31.1 Å². The highest BCUT2D eigenvalue weighted by atomic mass is 79.9. The molecule has 0 bridgehead atoms. The van der Waals surface area contributed by atoms with Crippen molar-refractivity contribution in [1.82, 2.24) is 14.5 Å². The van der Waals surface area contributed by atoms with Crippen LogP contribution in [0.5, 0.6) is 0 Å². The molecule has 0 spiro atoms. The standard InChI is InChI=1S/C30H36BrFN4O4S/c1-5-22(2)33-30(38)28(19-23-10-7-6-8-11-23)35(20-24-12-9-13-25(31)18-24)29(37)21-36(41(39,40)34(3)4)27-16-14-26(32)15-17-27/h6-18,22,28H,5,19-21H2,1-4H3,(H,33,38). The number of benzene rings is 3. The van der Waals surface area contributed by atoms with E-state index in [2.05, 4.69) is 21.2 Å². The van der Waals surface area contributed by atoms with E-state index in [9.17, 15) is 22.4 Å². The molecule has 11 heteroatoms. The van der Waals surface area contributed by atoms with Crippen LogP contribution in [-0.4, -0.2) is 62.2 Å². The maximum Gasteiger partial charge on any atom is 0.304 e. The molecule has 3 aromatic carbocycles. The third-order valence-electron chi connectivity index (χ3n) is 6.65. The first kappa shape index (κ1) is 32.2. The van der Waals surface area contributed by atoms with Gasteiger partial charge in [-0.15, -0.1) is 0 Å². The summed E-state index contributed by atoms with van der Waals surface area (Å²) in [5.41, 5.74) is 1.73. The van der Waals surface area contributed by atoms with Gasteiger partial charge in [-0.2, -0.15) is 12.7 Å². The van der Waals surface area contributed by atoms with E-state index in [0.29, 0.717) is 6.42 Å². The van der Waals surface area contributed by atoms with Gasteiger partial charge in [-0.05, 0) is 60.9 Å². The zero-order valence-corrected chi connectivity index (χ0v) is 26.0. The first-order valence-electron chi connectivity index (χ1n) is 13.3. The van der Waals surface area contributed by atoms with Gasteiger partial charge in [0.1, 0.15) is 18.4 Å². The van der Waals surface area contributed by atoms with Gasteiger partial charge in [0.25, 0.3) is 0 Å². The SMILES string of the molecule is CCC(C)NC(=O)C(Cc1ccccc1)N(Cc1cccc(Br)c1)C(=O)CN(c1ccc(F)cc1)S(=O)(=O)N(C)C. The largest absolute Gasteiger partial charge is 0.352 e. The highest BCUT2D eigenvalue weighted by Crippen LogP contribution is 2.23. The van der Waals surface area contributed by atoms with Crippen LogP contribution < -0.4 is 9.62 Å². The number of hydrogen-bond donors (Lipinski definition) is 1. The van der Waals surface area contributed by atoms with Crippen molar-refractivity contribution in [3.05, 3.63) is 100 Å². The van der Waals surface area contributed by atoms with Gasteiger partial charge in [0.2, 0.25) is 11.8 Å². The summed E-state index contributed by atoms with van der Waals surface area (Å²) in [6.07, 6.45) is 0.919. The maximum absolute atomic E-state index is 14.2. The number of carbonyl (C=O) groups excluding carboxylic acids is 2. The summed E-state index contributed by atoms with van der Waals surface area (Å²) in [7, 11) is -1.44. The second-order valence-corrected chi connectivity index (χ2v) is 12.9. The predicted octanol–water partition coefficient (Wildman–Crippen LogP) is 4.76. The van der Waals surface area contributed by atoms with Crippen molar-refractivity contribution < 1.29 is 22.4 Å². The molecule has 1 N–H and O–H groups in total. The fourth-order valence-corrected chi connectivity index (χ4v) is 5.65. The van der Waals surface area contributed by atoms with Gasteiger partial charge >= 0.3 is 10.2 Å². The summed E-state index contributed by atoms with van der Waals surface area (Å²) in [5, 5.41) is 3.00. The molecule has 2 atom stereocenters. The molecule has 3 aromatic rings. The van der Waals surface area contributed by atoms with Crippen molar-refractivity contribution in [3.63, 3.8) is 0 Å². The lowest BCUT2D eigenvalue weighted by Gasteiger charge is -2.35. The smallest absolute Gasteiger partial charge is 0.304 e. The Bertz CT molecular complexity index is 1420. The van der Waals surface area contributed by atoms with Crippen LogP contribution in [0.4, 0.5) is 10.1 Å². The minimum atomic E-state index is -4.15. The predicted molar refractivity (Wildman–Crippen MR) is 163 cm³/mol. The third-order valence-corrected chi connectivity index (χ3v) is 8.96. The summed E-state index contributed by atoms with van der Waals surface area (Å²) in [4.78, 5) is 29.3. The van der Waals surface area contributed by atoms with Gasteiger partial charge in [0.15, 0.2) is 0 Å². The van der Waals surface area contributed by atoms with Gasteiger partial charge in [0.05, 0.1) is 5.69 Å². The number of amides is 2. The molecule has 0 aliphatic rings. The maximum atomic E-state index is 14.2. The molecule has 2 amide bonds. The second kappa shape index (κ2) is 14.6. The first-order chi connectivity index (χ1) is 19.4. The minimum Gasteiger partial charge on any atom is -0.352 e. The molecular weight excluding hydrogens is 611 g/mol. The summed E-state index contributed by atoms with van der Waals surface area (Å²) in [6.45, 7) is 3.30. The molecule has 0 aromatic heterocycles. The molecule has 220 valence electrons. The third kappa shape index (κ3) is 8.85. The van der Waals surface area contributed by atoms with Gasteiger partial charge in [-0.3, -0.25) is 9.59 Å². The van der Waals surface area contributed by atoms with Gasteiger partial charge in [-0.25, -0.2) is 8.70 Å². The number of rotatable bonds is 13. The summed E-state index contributed by atoms with van der Waals surface area (Å²) < 4.78 is 43.1. The molecule has 0 aliphatic heterocycles. The molecule has 0 saturated heterocycles. The van der Waals surface area contributed by atoms with Crippen molar-refractivity contribution >= 4 is 43.6 Å². The highest BCUT2D eigenvalue weighted by Gasteiger charge is 2.35. The van der Waals surface area contributed by atoms with Crippen LogP contribution in [-0.2, 0) is 32.8 Å². The molecular formula is C30H36BrFN4O4S. The number of anilines is 1. The Kier molecular flexibility index (Phi) is 11.5. The summed E-state index contributed by atoms with van der Waals surface area (Å²) in [6, 6.07) is 20.5. The quantitative estimate of drug-likeness (QED) is 0.290. The number of nitrogens with zero attached hydrogens (tertiary/aromatic N) is 3. The van der Waals surface area contributed by atoms with E-state index in [-0.39, 0.29) is 30.6 Å². The molecule has 0 heterocycles. The van der Waals surface area contributed by atoms with Crippen LogP contribution in [0.2, 0.25) is 0 Å². The molecule has 41 heavy (non-hydrogen) atoms. The number of nitrogens with one attached hydrogen (secondary N) is 1. The monoisotopic (exact) mass is 646 g/mol. The Morgan fingerprint density at radius 1 is 0.951 bits per heavy atom. The van der Waals surface area contributed by atoms with E-state index in [1.807, 2.05) is 68.4 Å². The van der Waals surface area contributed by atoms with Crippen molar-refractivity contribution in [2.45, 2.75) is 45.3 Å². The van der Waals surface area contributed by atoms with E-state index >= 15 is 0 Å². The fraction of sp³-hybridized carbons (Fsp3) is 0.333. The molecule has 0 fully saturated rings. The molecule has 2 unspecified atom stereocenters. The van der Waals surface area contributed by atoms with Crippen LogP contribution in [0.25, 0.3) is 0 Å². The number of carbonyl (C=O) groups is 2. The van der Waals surface area contributed by atoms with Crippen molar-refractivity contribution in [1.29, 1.82) is 0 Å². The zero-order chi connectivity index (χ0) is 30.2. The van der Waals surface area contributed by atoms with Crippen LogP contribution in [0.3, 0.4) is 0 Å². The van der Waals surface area contributed by atoms with Crippen LogP contribution in [0.1, 0.15) is 31.4 Å². The van der Waals surface area contributed by atoms with Crippen molar-refractivity contribution in [2.24, 2.45) is 0 Å². The van der Waals surface area contributed by atoms with E-state index in [0.717, 1.165) is 36.3 Å². The van der Waals surface area contributed by atoms with E-state index in [1.54, 1.807) is 0 Å². The van der Waals surface area contributed by atoms with Crippen molar-refractivity contribution in [3.8, 4) is 0 Å². The van der Waals surface area contributed by atoms with Gasteiger partial charge < -0.3 is 10.2 Å². The Labute approximate surface area is 250 Å². The lowest BCUT2D eigenvalue weighted by Crippen LogP contribution is -2.55. The van der Waals surface area contributed by atoms with Crippen molar-refractivity contribution in [2.75, 3.05) is 24.9 Å². The summed E-state index contributed by atoms with van der Waals surface area (Å²) in [5.74, 6) is -1.46. The van der Waals surface area contributed by atoms with E-state index < -0.39 is 34.5 Å². The zero-order valence-electron chi connectivity index (χ0n) is 23.6. The Morgan fingerprint density at radius 3 is 2.17 bits per heavy atom. The highest BCUT2D eigenvalue weighted by molar-refractivity contribution is 9.10. The van der Waals surface area contributed by atoms with Crippen LogP contribution in [0, 0.1) is 5.82 Å². The van der Waals surface area contributed by atoms with Gasteiger partial charge in [-0.1, -0.05) is 65.3 Å². The second-order valence-electron chi connectivity index (χ2n) is 9.95. The Balaban J connectivity index is 2.09. The minimum absolute atomic E-state index is 0.0585. The average molecular weight is 648 g/mol. The summed E-state index contributed by atoms with van der Waals surface area (Å²) >= 11 is 3.46. The van der Waals surface area contributed by atoms with Gasteiger partial charge in [0, 0.05) is 37.6 Å². The molecule has 8 nitrogen and oxygen atoms in total. The normalized spacial score (nSPS) is 13.0. The Morgan fingerprint density at radius 2 is 1.59 bits per heavy atom. The molecule has 3 rings (SSSR count). The molecule has 0 saturated carbocycles.